The predicted octanol–water partition coefficient (Wildman–Crippen LogP) is 3.50. The average molecular weight is 295 g/mol. The van der Waals surface area contributed by atoms with E-state index in [1.807, 2.05) is 11.8 Å². The topological polar surface area (TPSA) is 28.2 Å². The highest BCUT2D eigenvalue weighted by atomic mass is 32.2. The van der Waals surface area contributed by atoms with Crippen molar-refractivity contribution in [1.82, 2.24) is 10.3 Å². The van der Waals surface area contributed by atoms with Gasteiger partial charge in [0.25, 0.3) is 0 Å². The first-order valence-electron chi connectivity index (χ1n) is 7.38. The quantitative estimate of drug-likeness (QED) is 0.794. The second-order valence-corrected chi connectivity index (χ2v) is 6.85. The lowest BCUT2D eigenvalue weighted by Crippen LogP contribution is -2.24. The first kappa shape index (κ1) is 17.3. The lowest BCUT2D eigenvalue weighted by Gasteiger charge is -2.21. The number of nitrogens with zero attached hydrogens (tertiary/aromatic N) is 2. The predicted molar refractivity (Wildman–Crippen MR) is 92.0 cm³/mol. The highest BCUT2D eigenvalue weighted by Gasteiger charge is 2.09. The molecule has 0 saturated heterocycles. The number of thioether (sulfide) groups is 1. The zero-order chi connectivity index (χ0) is 15.1. The van der Waals surface area contributed by atoms with E-state index in [4.69, 9.17) is 4.98 Å². The molecule has 20 heavy (non-hydrogen) atoms. The smallest absolute Gasteiger partial charge is 0.128 e. The number of hydrogen-bond donors (Lipinski definition) is 1. The maximum absolute atomic E-state index is 4.80. The van der Waals surface area contributed by atoms with Gasteiger partial charge in [0.2, 0.25) is 0 Å². The van der Waals surface area contributed by atoms with Crippen LogP contribution in [0.4, 0.5) is 5.82 Å². The van der Waals surface area contributed by atoms with Gasteiger partial charge in [0.1, 0.15) is 5.82 Å². The highest BCUT2D eigenvalue weighted by molar-refractivity contribution is 7.98. The summed E-state index contributed by atoms with van der Waals surface area (Å²) in [6.45, 7) is 10.7. The van der Waals surface area contributed by atoms with Gasteiger partial charge in [-0.05, 0) is 29.9 Å². The standard InChI is InChI=1S/C16H29N3S/c1-12(2)15-9-14(11-17-13(3)4)10-16(18-15)19(5)7-8-20-6/h9-10,12-13,17H,7-8,11H2,1-6H3. The molecule has 0 bridgehead atoms. The van der Waals surface area contributed by atoms with Crippen LogP contribution < -0.4 is 10.2 Å². The van der Waals surface area contributed by atoms with E-state index in [0.29, 0.717) is 12.0 Å². The molecule has 0 fully saturated rings. The Morgan fingerprint density at radius 3 is 2.50 bits per heavy atom. The van der Waals surface area contributed by atoms with Gasteiger partial charge >= 0.3 is 0 Å². The van der Waals surface area contributed by atoms with Gasteiger partial charge in [0.15, 0.2) is 0 Å². The van der Waals surface area contributed by atoms with Gasteiger partial charge in [-0.3, -0.25) is 0 Å². The fourth-order valence-corrected chi connectivity index (χ4v) is 2.31. The van der Waals surface area contributed by atoms with Crippen LogP contribution in [-0.2, 0) is 6.54 Å². The number of rotatable bonds is 8. The third-order valence-corrected chi connectivity index (χ3v) is 3.81. The van der Waals surface area contributed by atoms with Crippen molar-refractivity contribution < 1.29 is 0 Å². The summed E-state index contributed by atoms with van der Waals surface area (Å²) in [6, 6.07) is 4.94. The Hall–Kier alpha value is -0.740. The minimum Gasteiger partial charge on any atom is -0.359 e. The van der Waals surface area contributed by atoms with Gasteiger partial charge in [0, 0.05) is 37.6 Å². The van der Waals surface area contributed by atoms with Crippen molar-refractivity contribution in [3.05, 3.63) is 23.4 Å². The maximum Gasteiger partial charge on any atom is 0.128 e. The lowest BCUT2D eigenvalue weighted by atomic mass is 10.1. The fraction of sp³-hybridized carbons (Fsp3) is 0.688. The van der Waals surface area contributed by atoms with E-state index in [0.717, 1.165) is 24.7 Å². The van der Waals surface area contributed by atoms with E-state index in [1.165, 1.54) is 11.3 Å². The molecule has 114 valence electrons. The Morgan fingerprint density at radius 1 is 1.25 bits per heavy atom. The Balaban J connectivity index is 2.91. The molecule has 4 heteroatoms. The third-order valence-electron chi connectivity index (χ3n) is 3.22. The van der Waals surface area contributed by atoms with E-state index in [9.17, 15) is 0 Å². The van der Waals surface area contributed by atoms with Crippen LogP contribution in [0.1, 0.15) is 44.9 Å². The molecule has 1 rings (SSSR count). The SMILES string of the molecule is CSCCN(C)c1cc(CNC(C)C)cc(C(C)C)n1. The maximum atomic E-state index is 4.80. The van der Waals surface area contributed by atoms with Gasteiger partial charge in [-0.2, -0.15) is 11.8 Å². The van der Waals surface area contributed by atoms with Crippen LogP contribution in [0.3, 0.4) is 0 Å². The summed E-state index contributed by atoms with van der Waals surface area (Å²) in [5.74, 6) is 2.68. The van der Waals surface area contributed by atoms with E-state index in [2.05, 4.69) is 63.3 Å². The normalized spacial score (nSPS) is 11.4. The largest absolute Gasteiger partial charge is 0.359 e. The van der Waals surface area contributed by atoms with Crippen molar-refractivity contribution in [1.29, 1.82) is 0 Å². The summed E-state index contributed by atoms with van der Waals surface area (Å²) in [6.07, 6.45) is 2.14. The van der Waals surface area contributed by atoms with Crippen molar-refractivity contribution >= 4 is 17.6 Å². The minimum atomic E-state index is 0.460. The molecule has 0 aromatic carbocycles. The zero-order valence-electron chi connectivity index (χ0n) is 13.7. The van der Waals surface area contributed by atoms with Gasteiger partial charge in [-0.1, -0.05) is 27.7 Å². The van der Waals surface area contributed by atoms with Crippen molar-refractivity contribution in [3.8, 4) is 0 Å². The minimum absolute atomic E-state index is 0.460. The molecule has 0 aliphatic rings. The molecule has 3 nitrogen and oxygen atoms in total. The second-order valence-electron chi connectivity index (χ2n) is 5.86. The van der Waals surface area contributed by atoms with Crippen molar-refractivity contribution in [3.63, 3.8) is 0 Å². The Kier molecular flexibility index (Phi) is 7.38. The van der Waals surface area contributed by atoms with Crippen LogP contribution in [0.25, 0.3) is 0 Å². The summed E-state index contributed by atoms with van der Waals surface area (Å²) in [5, 5.41) is 3.49. The Bertz CT molecular complexity index is 405. The zero-order valence-corrected chi connectivity index (χ0v) is 14.5. The molecule has 0 amide bonds. The van der Waals surface area contributed by atoms with Gasteiger partial charge in [0.05, 0.1) is 0 Å². The molecule has 0 aliphatic heterocycles. The number of nitrogens with one attached hydrogen (secondary N) is 1. The van der Waals surface area contributed by atoms with E-state index in [1.54, 1.807) is 0 Å². The average Bonchev–Trinajstić information content (AvgIpc) is 2.42. The first-order chi connectivity index (χ1) is 9.43. The molecule has 0 unspecified atom stereocenters. The van der Waals surface area contributed by atoms with Crippen LogP contribution in [0, 0.1) is 0 Å². The Morgan fingerprint density at radius 2 is 1.95 bits per heavy atom. The number of anilines is 1. The van der Waals surface area contributed by atoms with Crippen LogP contribution in [0.15, 0.2) is 12.1 Å². The van der Waals surface area contributed by atoms with Crippen LogP contribution in [-0.4, -0.2) is 36.6 Å². The van der Waals surface area contributed by atoms with Crippen LogP contribution >= 0.6 is 11.8 Å². The molecular formula is C16H29N3S. The highest BCUT2D eigenvalue weighted by Crippen LogP contribution is 2.20. The molecular weight excluding hydrogens is 266 g/mol. The Labute approximate surface area is 128 Å². The fourth-order valence-electron chi connectivity index (χ4n) is 1.85. The summed E-state index contributed by atoms with van der Waals surface area (Å²) >= 11 is 1.87. The van der Waals surface area contributed by atoms with E-state index >= 15 is 0 Å². The second kappa shape index (κ2) is 8.53. The van der Waals surface area contributed by atoms with Crippen molar-refractivity contribution in [2.45, 2.75) is 46.2 Å². The van der Waals surface area contributed by atoms with Gasteiger partial charge in [-0.15, -0.1) is 0 Å². The van der Waals surface area contributed by atoms with Crippen molar-refractivity contribution in [2.75, 3.05) is 30.5 Å². The van der Waals surface area contributed by atoms with Crippen LogP contribution in [0.2, 0.25) is 0 Å². The summed E-state index contributed by atoms with van der Waals surface area (Å²) in [4.78, 5) is 7.05. The third kappa shape index (κ3) is 5.71. The molecule has 1 N–H and O–H groups in total. The first-order valence-corrected chi connectivity index (χ1v) is 8.77. The molecule has 1 heterocycles. The summed E-state index contributed by atoms with van der Waals surface area (Å²) in [5.41, 5.74) is 2.50. The molecule has 1 aromatic heterocycles. The molecule has 0 radical (unpaired) electrons. The number of hydrogen-bond acceptors (Lipinski definition) is 4. The van der Waals surface area contributed by atoms with E-state index in [-0.39, 0.29) is 0 Å². The number of aromatic nitrogens is 1. The lowest BCUT2D eigenvalue weighted by molar-refractivity contribution is 0.587. The molecule has 0 aliphatic carbocycles. The molecule has 0 spiro atoms. The van der Waals surface area contributed by atoms with Gasteiger partial charge < -0.3 is 10.2 Å². The molecule has 0 atom stereocenters. The summed E-state index contributed by atoms with van der Waals surface area (Å²) < 4.78 is 0. The summed E-state index contributed by atoms with van der Waals surface area (Å²) in [7, 11) is 2.13. The number of pyridine rings is 1. The molecule has 1 aromatic rings. The van der Waals surface area contributed by atoms with Crippen molar-refractivity contribution in [2.24, 2.45) is 0 Å². The van der Waals surface area contributed by atoms with Crippen LogP contribution in [0.5, 0.6) is 0 Å². The monoisotopic (exact) mass is 295 g/mol. The molecule has 0 saturated carbocycles. The van der Waals surface area contributed by atoms with Gasteiger partial charge in [-0.25, -0.2) is 4.98 Å². The van der Waals surface area contributed by atoms with E-state index < -0.39 is 0 Å².